The van der Waals surface area contributed by atoms with Gasteiger partial charge in [-0.05, 0) is 55.2 Å². The van der Waals surface area contributed by atoms with Gasteiger partial charge in [-0.1, -0.05) is 18.2 Å². The molecule has 0 saturated carbocycles. The van der Waals surface area contributed by atoms with Crippen molar-refractivity contribution in [3.63, 3.8) is 0 Å². The van der Waals surface area contributed by atoms with Gasteiger partial charge in [0.05, 0.1) is 6.42 Å². The summed E-state index contributed by atoms with van der Waals surface area (Å²) in [5.74, 6) is -2.12. The van der Waals surface area contributed by atoms with E-state index in [1.807, 2.05) is 0 Å². The molecule has 7 heteroatoms. The van der Waals surface area contributed by atoms with Crippen LogP contribution < -0.4 is 5.32 Å². The van der Waals surface area contributed by atoms with Crippen LogP contribution in [0, 0.1) is 5.82 Å². The molecule has 6 nitrogen and oxygen atoms in total. The van der Waals surface area contributed by atoms with Crippen molar-refractivity contribution in [2.45, 2.75) is 31.7 Å². The monoisotopic (exact) mass is 384 g/mol. The summed E-state index contributed by atoms with van der Waals surface area (Å²) in [7, 11) is 0. The summed E-state index contributed by atoms with van der Waals surface area (Å²) < 4.78 is 13.2. The van der Waals surface area contributed by atoms with Gasteiger partial charge in [-0.2, -0.15) is 0 Å². The zero-order chi connectivity index (χ0) is 20.1. The molecule has 2 amide bonds. The lowest BCUT2D eigenvalue weighted by molar-refractivity contribution is -0.143. The molecule has 2 N–H and O–H groups in total. The first-order chi connectivity index (χ1) is 13.4. The number of piperidine rings is 1. The standard InChI is InChI=1S/C21H21FN2O4/c22-16-7-3-5-14(11-16)12-19(25)23-17-8-4-6-15(13-17)20(26)24-10-2-1-9-18(24)21(27)28/h3-8,11,13,18H,1-2,9-10,12H2,(H,23,25)(H,27,28). The molecule has 1 heterocycles. The maximum absolute atomic E-state index is 13.2. The van der Waals surface area contributed by atoms with E-state index >= 15 is 0 Å². The molecule has 2 aromatic carbocycles. The van der Waals surface area contributed by atoms with Crippen molar-refractivity contribution in [3.05, 3.63) is 65.5 Å². The second kappa shape index (κ2) is 8.65. The molecule has 2 aromatic rings. The molecule has 1 aliphatic heterocycles. The number of aliphatic carboxylic acids is 1. The van der Waals surface area contributed by atoms with Crippen molar-refractivity contribution < 1.29 is 23.9 Å². The van der Waals surface area contributed by atoms with Gasteiger partial charge < -0.3 is 15.3 Å². The Morgan fingerprint density at radius 1 is 1.11 bits per heavy atom. The van der Waals surface area contributed by atoms with Gasteiger partial charge in [-0.25, -0.2) is 9.18 Å². The molecular formula is C21H21FN2O4. The van der Waals surface area contributed by atoms with Crippen LogP contribution in [-0.2, 0) is 16.0 Å². The van der Waals surface area contributed by atoms with Crippen molar-refractivity contribution in [3.8, 4) is 0 Å². The van der Waals surface area contributed by atoms with Crippen molar-refractivity contribution >= 4 is 23.5 Å². The minimum atomic E-state index is -1.01. The molecule has 3 rings (SSSR count). The minimum Gasteiger partial charge on any atom is -0.480 e. The SMILES string of the molecule is O=C(Cc1cccc(F)c1)Nc1cccc(C(=O)N2CCCCC2C(=O)O)c1. The summed E-state index contributed by atoms with van der Waals surface area (Å²) in [6.45, 7) is 0.395. The van der Waals surface area contributed by atoms with Gasteiger partial charge in [0.1, 0.15) is 11.9 Å². The second-order valence-corrected chi connectivity index (χ2v) is 6.78. The fourth-order valence-electron chi connectivity index (χ4n) is 3.36. The minimum absolute atomic E-state index is 0.00312. The number of likely N-dealkylation sites (tertiary alicyclic amines) is 1. The topological polar surface area (TPSA) is 86.7 Å². The average molecular weight is 384 g/mol. The lowest BCUT2D eigenvalue weighted by Crippen LogP contribution is -2.48. The largest absolute Gasteiger partial charge is 0.480 e. The molecule has 1 fully saturated rings. The van der Waals surface area contributed by atoms with Gasteiger partial charge in [0.15, 0.2) is 0 Å². The van der Waals surface area contributed by atoms with E-state index in [1.54, 1.807) is 24.3 Å². The Labute approximate surface area is 162 Å². The predicted octanol–water partition coefficient (Wildman–Crippen LogP) is 3.09. The number of carbonyl (C=O) groups is 3. The van der Waals surface area contributed by atoms with E-state index in [9.17, 15) is 23.9 Å². The predicted molar refractivity (Wildman–Crippen MR) is 101 cm³/mol. The van der Waals surface area contributed by atoms with E-state index in [1.165, 1.54) is 29.2 Å². The van der Waals surface area contributed by atoms with Crippen LogP contribution >= 0.6 is 0 Å². The van der Waals surface area contributed by atoms with Crippen molar-refractivity contribution in [1.82, 2.24) is 4.90 Å². The number of benzene rings is 2. The molecule has 1 unspecified atom stereocenters. The average Bonchev–Trinajstić information content (AvgIpc) is 2.67. The van der Waals surface area contributed by atoms with Crippen LogP contribution in [0.3, 0.4) is 0 Å². The maximum Gasteiger partial charge on any atom is 0.326 e. The first-order valence-electron chi connectivity index (χ1n) is 9.12. The molecule has 0 radical (unpaired) electrons. The number of nitrogens with one attached hydrogen (secondary N) is 1. The summed E-state index contributed by atoms with van der Waals surface area (Å²) in [6, 6.07) is 11.4. The molecule has 1 saturated heterocycles. The van der Waals surface area contributed by atoms with Crippen LogP contribution in [0.25, 0.3) is 0 Å². The summed E-state index contributed by atoms with van der Waals surface area (Å²) in [6.07, 6.45) is 1.98. The third-order valence-electron chi connectivity index (χ3n) is 4.70. The van der Waals surface area contributed by atoms with Gasteiger partial charge >= 0.3 is 5.97 Å². The van der Waals surface area contributed by atoms with E-state index in [2.05, 4.69) is 5.32 Å². The van der Waals surface area contributed by atoms with E-state index in [0.29, 0.717) is 29.8 Å². The van der Waals surface area contributed by atoms with Crippen LogP contribution in [0.1, 0.15) is 35.2 Å². The van der Waals surface area contributed by atoms with Gasteiger partial charge in [0, 0.05) is 17.8 Å². The summed E-state index contributed by atoms with van der Waals surface area (Å²) in [5.41, 5.74) is 1.29. The third kappa shape index (κ3) is 4.73. The Morgan fingerprint density at radius 2 is 1.89 bits per heavy atom. The molecule has 0 spiro atoms. The number of halogens is 1. The number of carboxylic acid groups (broad SMARTS) is 1. The summed E-state index contributed by atoms with van der Waals surface area (Å²) in [4.78, 5) is 37.8. The number of nitrogens with zero attached hydrogens (tertiary/aromatic N) is 1. The number of hydrogen-bond donors (Lipinski definition) is 2. The van der Waals surface area contributed by atoms with Crippen LogP contribution in [0.2, 0.25) is 0 Å². The molecule has 0 aliphatic carbocycles. The van der Waals surface area contributed by atoms with Crippen LogP contribution in [0.5, 0.6) is 0 Å². The molecule has 1 aliphatic rings. The number of carbonyl (C=O) groups excluding carboxylic acids is 2. The Hall–Kier alpha value is -3.22. The van der Waals surface area contributed by atoms with Gasteiger partial charge in [-0.3, -0.25) is 9.59 Å². The Kier molecular flexibility index (Phi) is 6.03. The Morgan fingerprint density at radius 3 is 2.64 bits per heavy atom. The fraction of sp³-hybridized carbons (Fsp3) is 0.286. The van der Waals surface area contributed by atoms with Crippen LogP contribution in [0.15, 0.2) is 48.5 Å². The van der Waals surface area contributed by atoms with Gasteiger partial charge in [-0.15, -0.1) is 0 Å². The highest BCUT2D eigenvalue weighted by Crippen LogP contribution is 2.21. The van der Waals surface area contributed by atoms with E-state index in [-0.39, 0.29) is 18.2 Å². The molecule has 1 atom stereocenters. The second-order valence-electron chi connectivity index (χ2n) is 6.78. The Bertz CT molecular complexity index is 899. The smallest absolute Gasteiger partial charge is 0.326 e. The summed E-state index contributed by atoms with van der Waals surface area (Å²) in [5, 5.41) is 12.1. The number of hydrogen-bond acceptors (Lipinski definition) is 3. The quantitative estimate of drug-likeness (QED) is 0.829. The highest BCUT2D eigenvalue weighted by Gasteiger charge is 2.32. The van der Waals surface area contributed by atoms with E-state index in [0.717, 1.165) is 12.8 Å². The summed E-state index contributed by atoms with van der Waals surface area (Å²) >= 11 is 0. The number of anilines is 1. The molecule has 0 bridgehead atoms. The first-order valence-corrected chi connectivity index (χ1v) is 9.12. The molecule has 0 aromatic heterocycles. The Balaban J connectivity index is 1.70. The normalized spacial score (nSPS) is 16.5. The molecule has 28 heavy (non-hydrogen) atoms. The van der Waals surface area contributed by atoms with Crippen molar-refractivity contribution in [2.75, 3.05) is 11.9 Å². The lowest BCUT2D eigenvalue weighted by Gasteiger charge is -2.33. The van der Waals surface area contributed by atoms with Crippen molar-refractivity contribution in [1.29, 1.82) is 0 Å². The third-order valence-corrected chi connectivity index (χ3v) is 4.70. The zero-order valence-corrected chi connectivity index (χ0v) is 15.2. The highest BCUT2D eigenvalue weighted by atomic mass is 19.1. The van der Waals surface area contributed by atoms with Crippen LogP contribution in [-0.4, -0.2) is 40.4 Å². The highest BCUT2D eigenvalue weighted by molar-refractivity contribution is 5.99. The molecular weight excluding hydrogens is 363 g/mol. The van der Waals surface area contributed by atoms with Gasteiger partial charge in [0.25, 0.3) is 5.91 Å². The van der Waals surface area contributed by atoms with Crippen LogP contribution in [0.4, 0.5) is 10.1 Å². The van der Waals surface area contributed by atoms with Crippen molar-refractivity contribution in [2.24, 2.45) is 0 Å². The molecule has 146 valence electrons. The fourth-order valence-corrected chi connectivity index (χ4v) is 3.36. The number of rotatable bonds is 5. The lowest BCUT2D eigenvalue weighted by atomic mass is 10.0. The van der Waals surface area contributed by atoms with E-state index in [4.69, 9.17) is 0 Å². The van der Waals surface area contributed by atoms with E-state index < -0.39 is 17.8 Å². The number of carboxylic acids is 1. The number of amides is 2. The van der Waals surface area contributed by atoms with Gasteiger partial charge in [0.2, 0.25) is 5.91 Å². The first kappa shape index (κ1) is 19.5. The maximum atomic E-state index is 13.2. The zero-order valence-electron chi connectivity index (χ0n) is 15.2.